The summed E-state index contributed by atoms with van der Waals surface area (Å²) in [5.74, 6) is 3.52. The summed E-state index contributed by atoms with van der Waals surface area (Å²) in [5, 5.41) is 64.8. The Bertz CT molecular complexity index is 4760. The number of H-pyrrole nitrogens is 1. The molecule has 0 aliphatic carbocycles. The molecule has 0 unspecified atom stereocenters. The Morgan fingerprint density at radius 1 is 0.424 bits per heavy atom. The Morgan fingerprint density at radius 2 is 0.764 bits per heavy atom. The number of likely N-dealkylation sites (tertiary alicyclic amines) is 3. The Balaban J connectivity index is 0.000000342. The molecule has 8 aromatic rings. The Hall–Kier alpha value is -6.46. The molecule has 3 aliphatic heterocycles. The number of pyridine rings is 4. The highest BCUT2D eigenvalue weighted by Gasteiger charge is 2.55. The van der Waals surface area contributed by atoms with Crippen molar-refractivity contribution >= 4 is 102 Å². The topological polar surface area (TPSA) is 424 Å². The second kappa shape index (κ2) is 57.7. The van der Waals surface area contributed by atoms with Gasteiger partial charge in [-0.15, -0.1) is 0 Å². The van der Waals surface area contributed by atoms with E-state index >= 15 is 0 Å². The van der Waals surface area contributed by atoms with Crippen LogP contribution in [0.1, 0.15) is 223 Å². The molecule has 0 spiro atoms. The number of nitrogens with one attached hydrogen (secondary N) is 3. The molecule has 11 heterocycles. The maximum absolute atomic E-state index is 10.9. The molecular formula is C103H190IN23O11Si6. The average molecular weight is 2220 g/mol. The number of rotatable bonds is 40. The molecule has 0 amide bonds. The number of carbonyl (C=O) groups excluding carboxylic acids is 1. The van der Waals surface area contributed by atoms with Gasteiger partial charge in [-0.25, -0.2) is 53.9 Å². The summed E-state index contributed by atoms with van der Waals surface area (Å²) < 4.78 is 49.7. The van der Waals surface area contributed by atoms with Crippen molar-refractivity contribution in [1.82, 2.24) is 94.1 Å². The van der Waals surface area contributed by atoms with Crippen molar-refractivity contribution in [1.29, 1.82) is 0 Å². The van der Waals surface area contributed by atoms with Gasteiger partial charge in [0.25, 0.3) is 0 Å². The summed E-state index contributed by atoms with van der Waals surface area (Å²) in [6.45, 7) is 83.3. The van der Waals surface area contributed by atoms with Crippen LogP contribution in [0.15, 0.2) is 124 Å². The molecular weight excluding hydrogens is 2030 g/mol. The Kier molecular flexibility index (Phi) is 51.3. The molecule has 3 saturated heterocycles. The first-order valence-electron chi connectivity index (χ1n) is 51.6. The number of piperidine rings is 3. The highest BCUT2D eigenvalue weighted by molar-refractivity contribution is 14.1. The normalized spacial score (nSPS) is 21.0. The highest BCUT2D eigenvalue weighted by atomic mass is 127. The minimum absolute atomic E-state index is 0. The van der Waals surface area contributed by atoms with E-state index < -0.39 is 74.3 Å². The van der Waals surface area contributed by atoms with Crippen molar-refractivity contribution in [3.63, 3.8) is 0 Å². The summed E-state index contributed by atoms with van der Waals surface area (Å²) in [5.41, 5.74) is 13.3. The molecule has 0 aromatic carbocycles. The number of unbranched alkanes of at least 4 members (excludes halogenated alkanes) is 9. The standard InChI is InChI=1S/C38H74N6O3Si3.C31H67NO4Si3.C19H30N6O4.C7H7N5.C5H5IN2.C2H3N3.CH4/c1-30-26-43(24-20-18-17-19-23-40-33-22-21-31(25-41-33)44-29-39-28-42-44)32(27-45-48(11,12)36(2,3)4)35(47-50(15,16)38(8,9)10)34(30)46-49(13,14)37(5,6)7;1-25-23-32(21-19-17-18-20-22-33)26(24-34-37(11,12)29(2,3)4)28(36-39(15,16)31(8,9)10)27(25)35-38(13,14)30(5,6)7;26-11-15-18(28)19(29)16(27)10-24(15)8-4-2-1-3-7-21-17-6-5-14(9-22-17)25-13-20-12-23-25;8-7-2-1-6(3-10-7)12-5-9-4-11-12;6-4-1-2-5(7)8-3-4;1-3-2-5-4-1;/h21-22,25,28-30,32,34-35H,17-20,23-24,26-27H2,1-16H3,(H,40,41);22,25-28H,17-21,23-24H2,1-16H3;5-6,9,12-13,15-16,18-19,26-29H,1-4,7-8,10-11H2,(H,21,22);1-5H,(H2,8,10);1-3H,(H2,7,8);1-2H,(H,3,4,5);1H4/t30-,32+,34+,35+;25-,26+,27+,28+;15-,16+,18-,19-;;;;/m001..../s1. The monoisotopic (exact) mass is 2220 g/mol. The number of nitrogens with two attached hydrogens (primary N) is 2. The second-order valence-electron chi connectivity index (χ2n) is 47.9. The molecule has 144 heavy (non-hydrogen) atoms. The summed E-state index contributed by atoms with van der Waals surface area (Å²) in [6.07, 6.45) is 29.5. The smallest absolute Gasteiger partial charge is 0.192 e. The third-order valence-electron chi connectivity index (χ3n) is 30.5. The number of anilines is 4. The fourth-order valence-electron chi connectivity index (χ4n) is 15.1. The van der Waals surface area contributed by atoms with E-state index in [-0.39, 0.29) is 87.3 Å². The predicted octanol–water partition coefficient (Wildman–Crippen LogP) is 20.0. The van der Waals surface area contributed by atoms with Crippen molar-refractivity contribution in [2.75, 3.05) is 94.3 Å². The van der Waals surface area contributed by atoms with Crippen LogP contribution in [0, 0.1) is 15.4 Å². The molecule has 3 aliphatic rings. The van der Waals surface area contributed by atoms with E-state index in [1.165, 1.54) is 44.5 Å². The van der Waals surface area contributed by atoms with Crippen LogP contribution in [0.3, 0.4) is 0 Å². The lowest BCUT2D eigenvalue weighted by Gasteiger charge is -2.54. The lowest BCUT2D eigenvalue weighted by atomic mass is 9.88. The van der Waals surface area contributed by atoms with Gasteiger partial charge in [-0.2, -0.15) is 20.4 Å². The highest BCUT2D eigenvalue weighted by Crippen LogP contribution is 2.48. The van der Waals surface area contributed by atoms with Crippen LogP contribution in [0.4, 0.5) is 23.3 Å². The molecule has 12 atom stereocenters. The van der Waals surface area contributed by atoms with E-state index in [1.54, 1.807) is 63.8 Å². The van der Waals surface area contributed by atoms with Gasteiger partial charge in [0.2, 0.25) is 0 Å². The lowest BCUT2D eigenvalue weighted by molar-refractivity contribution is -0.145. The molecule has 34 nitrogen and oxygen atoms in total. The molecule has 0 saturated carbocycles. The molecule has 814 valence electrons. The van der Waals surface area contributed by atoms with E-state index in [9.17, 15) is 25.2 Å². The fourth-order valence-corrected chi connectivity index (χ4v) is 22.9. The zero-order chi connectivity index (χ0) is 107. The van der Waals surface area contributed by atoms with E-state index in [0.29, 0.717) is 49.7 Å². The van der Waals surface area contributed by atoms with E-state index in [0.717, 1.165) is 136 Å². The van der Waals surface area contributed by atoms with E-state index in [1.807, 2.05) is 47.5 Å². The van der Waals surface area contributed by atoms with Gasteiger partial charge < -0.3 is 73.9 Å². The number of β-amino-alcohol motifs (C(OH)–C–C–N with tert-alkyl or cyclic N) is 1. The number of aldehydes is 1. The van der Waals surface area contributed by atoms with Gasteiger partial charge >= 0.3 is 0 Å². The first-order valence-corrected chi connectivity index (χ1v) is 70.1. The van der Waals surface area contributed by atoms with Crippen LogP contribution >= 0.6 is 22.6 Å². The minimum Gasteiger partial charge on any atom is -0.415 e. The average Bonchev–Trinajstić information content (AvgIpc) is 0.960. The van der Waals surface area contributed by atoms with Crippen LogP contribution in [-0.4, -0.2) is 304 Å². The zero-order valence-corrected chi connectivity index (χ0v) is 101. The third-order valence-corrected chi connectivity index (χ3v) is 58.1. The van der Waals surface area contributed by atoms with Gasteiger partial charge in [-0.1, -0.05) is 178 Å². The van der Waals surface area contributed by atoms with Crippen molar-refractivity contribution < 1.29 is 51.8 Å². The summed E-state index contributed by atoms with van der Waals surface area (Å²) in [4.78, 5) is 50.1. The number of nitrogen functional groups attached to an aromatic ring is 2. The number of aliphatic hydroxyl groups is 4. The molecule has 0 bridgehead atoms. The molecule has 3 fully saturated rings. The molecule has 11 rings (SSSR count). The SMILES string of the molecule is C.C[C@H]1CN(CCCCCC=O)[C@H](CO[Si](C)(C)C(C)(C)C)[C@@H](O[Si](C)(C)C(C)(C)C)[C@@H]1O[Si](C)(C)C(C)(C)C.C[C@H]1CN(CCCCCCNc2ccc(-n3cncn3)cn2)[C@H](CO[Si](C)(C)C(C)(C)C)[C@@H](O[Si](C)(C)C(C)(C)C)[C@@H]1O[Si](C)(C)C(C)(C)C.Nc1ccc(-n2cncn2)cn1.Nc1ccc(I)cn1.OC[C@@H]1[C@@H](O)[C@H](O)[C@@H](O)CN1CCCCCCNc1ccc(-n2cncn2)cn1.c1nc[nH]n1. The third kappa shape index (κ3) is 40.4. The van der Waals surface area contributed by atoms with Crippen LogP contribution in [-0.2, 0) is 31.4 Å². The fraction of sp³-hybridized carbons (Fsp3) is 0.718. The summed E-state index contributed by atoms with van der Waals surface area (Å²) >= 11 is 2.18. The van der Waals surface area contributed by atoms with Crippen molar-refractivity contribution in [3.05, 3.63) is 128 Å². The lowest BCUT2D eigenvalue weighted by Crippen LogP contribution is -2.66. The largest absolute Gasteiger partial charge is 0.415 e. The number of halogens is 1. The number of aromatic amines is 1. The quantitative estimate of drug-likeness (QED) is 0.00745. The number of hydrogen-bond donors (Lipinski definition) is 9. The molecule has 8 aromatic heterocycles. The Labute approximate surface area is 885 Å². The minimum atomic E-state index is -2.12. The number of carbonyl (C=O) groups is 1. The van der Waals surface area contributed by atoms with E-state index in [2.05, 4.69) is 325 Å². The van der Waals surface area contributed by atoms with Gasteiger partial charge in [-0.05, 0) is 250 Å². The maximum Gasteiger partial charge on any atom is 0.192 e. The van der Waals surface area contributed by atoms with Crippen LogP contribution in [0.2, 0.25) is 109 Å². The van der Waals surface area contributed by atoms with Gasteiger partial charge in [0, 0.05) is 48.9 Å². The van der Waals surface area contributed by atoms with Crippen LogP contribution in [0.25, 0.3) is 17.1 Å². The number of hydrogen-bond acceptors (Lipinski definition) is 30. The molecule has 0 radical (unpaired) electrons. The summed E-state index contributed by atoms with van der Waals surface area (Å²) in [6, 6.07) is 14.9. The number of aromatic nitrogens is 16. The zero-order valence-electron chi connectivity index (χ0n) is 93.0. The molecule has 11 N–H and O–H groups in total. The van der Waals surface area contributed by atoms with E-state index in [4.69, 9.17) is 38.0 Å². The van der Waals surface area contributed by atoms with Crippen molar-refractivity contribution in [3.8, 4) is 17.1 Å². The van der Waals surface area contributed by atoms with Gasteiger partial charge in [0.1, 0.15) is 92.4 Å². The van der Waals surface area contributed by atoms with Crippen molar-refractivity contribution in [2.45, 2.75) is 393 Å². The number of aliphatic hydroxyl groups excluding tert-OH is 4. The Morgan fingerprint density at radius 3 is 1.05 bits per heavy atom. The van der Waals surface area contributed by atoms with Crippen LogP contribution < -0.4 is 22.1 Å². The number of nitrogens with zero attached hydrogens (tertiary/aromatic N) is 18. The second-order valence-corrected chi connectivity index (χ2v) is 77.8. The van der Waals surface area contributed by atoms with Gasteiger partial charge in [-0.3, -0.25) is 19.8 Å². The van der Waals surface area contributed by atoms with Crippen LogP contribution in [0.5, 0.6) is 0 Å². The van der Waals surface area contributed by atoms with Crippen molar-refractivity contribution in [2.24, 2.45) is 11.8 Å². The summed E-state index contributed by atoms with van der Waals surface area (Å²) in [7, 11) is -12.2. The first-order chi connectivity index (χ1) is 66.5. The predicted molar refractivity (Wildman–Crippen MR) is 609 cm³/mol. The maximum atomic E-state index is 10.9. The first kappa shape index (κ1) is 128. The molecule has 41 heteroatoms. The van der Waals surface area contributed by atoms with Gasteiger partial charge in [0.05, 0.1) is 104 Å². The van der Waals surface area contributed by atoms with Gasteiger partial charge in [0.15, 0.2) is 49.9 Å².